The molecule has 0 amide bonds. The highest BCUT2D eigenvalue weighted by molar-refractivity contribution is 7.99. The van der Waals surface area contributed by atoms with E-state index in [0.29, 0.717) is 59.1 Å². The Bertz CT molecular complexity index is 1270. The number of rotatable bonds is 10. The molecule has 8 heteroatoms. The van der Waals surface area contributed by atoms with E-state index in [9.17, 15) is 9.59 Å². The van der Waals surface area contributed by atoms with Gasteiger partial charge in [-0.15, -0.1) is 0 Å². The van der Waals surface area contributed by atoms with Crippen molar-refractivity contribution in [2.24, 2.45) is 0 Å². The van der Waals surface area contributed by atoms with Crippen LogP contribution >= 0.6 is 11.8 Å². The lowest BCUT2D eigenvalue weighted by Gasteiger charge is -2.37. The van der Waals surface area contributed by atoms with Gasteiger partial charge in [0, 0.05) is 40.6 Å². The molecule has 0 radical (unpaired) electrons. The third-order valence-corrected chi connectivity index (χ3v) is 7.90. The molecule has 1 heterocycles. The first-order chi connectivity index (χ1) is 18.4. The van der Waals surface area contributed by atoms with Crippen molar-refractivity contribution in [3.05, 3.63) is 76.1 Å². The summed E-state index contributed by atoms with van der Waals surface area (Å²) in [6.07, 6.45) is 0.912. The Morgan fingerprint density at radius 1 is 0.974 bits per heavy atom. The Labute approximate surface area is 228 Å². The van der Waals surface area contributed by atoms with E-state index in [-0.39, 0.29) is 11.7 Å². The molecule has 4 rings (SSSR count). The van der Waals surface area contributed by atoms with Crippen LogP contribution in [0.3, 0.4) is 0 Å². The minimum absolute atomic E-state index is 0.0242. The van der Waals surface area contributed by atoms with Gasteiger partial charge in [-0.05, 0) is 36.8 Å². The summed E-state index contributed by atoms with van der Waals surface area (Å²) in [6, 6.07) is 13.3. The first kappa shape index (κ1) is 27.6. The van der Waals surface area contributed by atoms with Crippen LogP contribution in [-0.2, 0) is 14.3 Å². The van der Waals surface area contributed by atoms with Gasteiger partial charge in [0.15, 0.2) is 17.3 Å². The SMILES string of the molecule is CCSCCOC(=O)C1=C(C)NC2=C(C(=O)C[C@H](c3ccccc3OC)C2)[C@H]1c1cccc(OC)c1OC. The molecule has 0 spiro atoms. The predicted molar refractivity (Wildman–Crippen MR) is 149 cm³/mol. The first-order valence-electron chi connectivity index (χ1n) is 12.8. The van der Waals surface area contributed by atoms with Gasteiger partial charge in [0.1, 0.15) is 12.4 Å². The van der Waals surface area contributed by atoms with Gasteiger partial charge in [0.2, 0.25) is 0 Å². The van der Waals surface area contributed by atoms with E-state index < -0.39 is 11.9 Å². The van der Waals surface area contributed by atoms with Crippen LogP contribution < -0.4 is 19.5 Å². The van der Waals surface area contributed by atoms with Gasteiger partial charge in [0.05, 0.1) is 32.8 Å². The molecule has 2 atom stereocenters. The van der Waals surface area contributed by atoms with E-state index >= 15 is 0 Å². The lowest BCUT2D eigenvalue weighted by molar-refractivity contribution is -0.138. The van der Waals surface area contributed by atoms with Gasteiger partial charge in [-0.2, -0.15) is 11.8 Å². The van der Waals surface area contributed by atoms with Crippen molar-refractivity contribution in [3.8, 4) is 17.2 Å². The number of ether oxygens (including phenoxy) is 4. The summed E-state index contributed by atoms with van der Waals surface area (Å²) < 4.78 is 22.6. The zero-order valence-corrected chi connectivity index (χ0v) is 23.4. The summed E-state index contributed by atoms with van der Waals surface area (Å²) in [6.45, 7) is 4.22. The van der Waals surface area contributed by atoms with Gasteiger partial charge in [-0.25, -0.2) is 4.79 Å². The van der Waals surface area contributed by atoms with Crippen molar-refractivity contribution in [2.75, 3.05) is 39.4 Å². The third-order valence-electron chi connectivity index (χ3n) is 7.04. The molecular formula is C30H35NO6S. The molecule has 1 aliphatic heterocycles. The maximum absolute atomic E-state index is 13.9. The molecule has 0 unspecified atom stereocenters. The van der Waals surface area contributed by atoms with Gasteiger partial charge in [-0.1, -0.05) is 37.3 Å². The highest BCUT2D eigenvalue weighted by Gasteiger charge is 2.43. The van der Waals surface area contributed by atoms with Crippen molar-refractivity contribution in [2.45, 2.75) is 38.5 Å². The normalized spacial score (nSPS) is 19.0. The fraction of sp³-hybridized carbons (Fsp3) is 0.400. The summed E-state index contributed by atoms with van der Waals surface area (Å²) in [5, 5.41) is 3.40. The minimum atomic E-state index is -0.645. The molecule has 1 N–H and O–H groups in total. The number of benzene rings is 2. The minimum Gasteiger partial charge on any atom is -0.496 e. The van der Waals surface area contributed by atoms with Crippen LogP contribution in [0, 0.1) is 0 Å². The maximum Gasteiger partial charge on any atom is 0.336 e. The van der Waals surface area contributed by atoms with E-state index in [4.69, 9.17) is 18.9 Å². The van der Waals surface area contributed by atoms with Crippen LogP contribution in [0.25, 0.3) is 0 Å². The number of hydrogen-bond acceptors (Lipinski definition) is 8. The Morgan fingerprint density at radius 3 is 2.39 bits per heavy atom. The number of carbonyl (C=O) groups is 2. The Morgan fingerprint density at radius 2 is 1.68 bits per heavy atom. The van der Waals surface area contributed by atoms with Crippen molar-refractivity contribution < 1.29 is 28.5 Å². The Balaban J connectivity index is 1.81. The summed E-state index contributed by atoms with van der Waals surface area (Å²) in [7, 11) is 4.77. The quantitative estimate of drug-likeness (QED) is 0.320. The molecule has 7 nitrogen and oxygen atoms in total. The van der Waals surface area contributed by atoms with Crippen molar-refractivity contribution >= 4 is 23.5 Å². The standard InChI is InChI=1S/C30H35NO6S/c1-6-38-15-14-37-30(33)26-18(2)31-22-16-19(20-10-7-8-12-24(20)34-3)17-23(32)28(22)27(26)21-11-9-13-25(35-4)29(21)36-5/h7-13,19,27,31H,6,14-17H2,1-5H3/t19-,27+/m1/s1. The fourth-order valence-corrected chi connectivity index (χ4v) is 5.89. The molecule has 0 bridgehead atoms. The van der Waals surface area contributed by atoms with E-state index in [0.717, 1.165) is 22.8 Å². The summed E-state index contributed by atoms with van der Waals surface area (Å²) >= 11 is 1.71. The van der Waals surface area contributed by atoms with Gasteiger partial charge < -0.3 is 24.3 Å². The van der Waals surface area contributed by atoms with Crippen LogP contribution in [0.2, 0.25) is 0 Å². The smallest absolute Gasteiger partial charge is 0.336 e. The summed E-state index contributed by atoms with van der Waals surface area (Å²) in [5.74, 6) is 2.29. The number of esters is 1. The van der Waals surface area contributed by atoms with Crippen LogP contribution in [0.4, 0.5) is 0 Å². The Kier molecular flexibility index (Phi) is 9.05. The van der Waals surface area contributed by atoms with Crippen molar-refractivity contribution in [3.63, 3.8) is 0 Å². The number of para-hydroxylation sites is 2. The first-order valence-corrected chi connectivity index (χ1v) is 13.9. The second-order valence-electron chi connectivity index (χ2n) is 9.17. The zero-order chi connectivity index (χ0) is 27.2. The molecule has 202 valence electrons. The molecule has 1 aliphatic carbocycles. The number of thioether (sulfide) groups is 1. The number of allylic oxidation sites excluding steroid dienone is 3. The number of nitrogens with one attached hydrogen (secondary N) is 1. The van der Waals surface area contributed by atoms with Crippen LogP contribution in [0.15, 0.2) is 65.0 Å². The largest absolute Gasteiger partial charge is 0.496 e. The molecule has 2 aliphatic rings. The number of carbonyl (C=O) groups excluding carboxylic acids is 2. The summed E-state index contributed by atoms with van der Waals surface area (Å²) in [4.78, 5) is 27.4. The van der Waals surface area contributed by atoms with E-state index in [1.54, 1.807) is 39.2 Å². The monoisotopic (exact) mass is 537 g/mol. The molecule has 0 saturated carbocycles. The van der Waals surface area contributed by atoms with Crippen LogP contribution in [-0.4, -0.2) is 51.2 Å². The Hall–Kier alpha value is -3.39. The number of Topliss-reactive ketones (excluding diaryl/α,β-unsaturated/α-hetero) is 1. The molecule has 38 heavy (non-hydrogen) atoms. The number of dihydropyridines is 1. The second kappa shape index (κ2) is 12.4. The average molecular weight is 538 g/mol. The number of ketones is 1. The van der Waals surface area contributed by atoms with Crippen molar-refractivity contribution in [1.29, 1.82) is 0 Å². The lowest BCUT2D eigenvalue weighted by atomic mass is 9.71. The number of hydrogen-bond donors (Lipinski definition) is 1. The predicted octanol–water partition coefficient (Wildman–Crippen LogP) is 5.37. The number of methoxy groups -OCH3 is 3. The zero-order valence-electron chi connectivity index (χ0n) is 22.6. The van der Waals surface area contributed by atoms with E-state index in [2.05, 4.69) is 12.2 Å². The second-order valence-corrected chi connectivity index (χ2v) is 10.6. The van der Waals surface area contributed by atoms with E-state index in [1.165, 1.54) is 0 Å². The van der Waals surface area contributed by atoms with E-state index in [1.807, 2.05) is 43.3 Å². The summed E-state index contributed by atoms with van der Waals surface area (Å²) in [5.41, 5.74) is 4.15. The van der Waals surface area contributed by atoms with Crippen LogP contribution in [0.5, 0.6) is 17.2 Å². The highest BCUT2D eigenvalue weighted by atomic mass is 32.2. The molecule has 2 aromatic rings. The molecule has 0 aromatic heterocycles. The highest BCUT2D eigenvalue weighted by Crippen LogP contribution is 2.50. The van der Waals surface area contributed by atoms with Gasteiger partial charge in [0.25, 0.3) is 0 Å². The maximum atomic E-state index is 13.9. The third kappa shape index (κ3) is 5.41. The molecule has 0 fully saturated rings. The topological polar surface area (TPSA) is 83.1 Å². The van der Waals surface area contributed by atoms with Gasteiger partial charge in [-0.3, -0.25) is 4.79 Å². The van der Waals surface area contributed by atoms with Crippen LogP contribution in [0.1, 0.15) is 49.7 Å². The molecule has 2 aromatic carbocycles. The van der Waals surface area contributed by atoms with Crippen molar-refractivity contribution in [1.82, 2.24) is 5.32 Å². The average Bonchev–Trinajstić information content (AvgIpc) is 2.93. The van der Waals surface area contributed by atoms with Gasteiger partial charge >= 0.3 is 5.97 Å². The fourth-order valence-electron chi connectivity index (χ4n) is 5.40. The lowest BCUT2D eigenvalue weighted by Crippen LogP contribution is -2.36. The molecule has 0 saturated heterocycles. The molecular weight excluding hydrogens is 502 g/mol.